The number of hydrogen-bond acceptors (Lipinski definition) is 2. The first-order valence-electron chi connectivity index (χ1n) is 5.62. The molecule has 1 amide bonds. The van der Waals surface area contributed by atoms with Crippen LogP contribution >= 0.6 is 0 Å². The molecule has 0 aromatic heterocycles. The number of aliphatic hydroxyl groups excluding tert-OH is 1. The monoisotopic (exact) mass is 217 g/mol. The summed E-state index contributed by atoms with van der Waals surface area (Å²) in [6.07, 6.45) is 5.21. The zero-order valence-electron chi connectivity index (χ0n) is 9.18. The third-order valence-corrected chi connectivity index (χ3v) is 2.81. The second kappa shape index (κ2) is 5.00. The summed E-state index contributed by atoms with van der Waals surface area (Å²) in [5, 5.41) is 11.4. The number of amides is 1. The second-order valence-electron chi connectivity index (χ2n) is 4.00. The molecule has 0 saturated carbocycles. The van der Waals surface area contributed by atoms with Gasteiger partial charge in [0.1, 0.15) is 0 Å². The van der Waals surface area contributed by atoms with Gasteiger partial charge in [0.2, 0.25) is 0 Å². The summed E-state index contributed by atoms with van der Waals surface area (Å²) >= 11 is 0. The third-order valence-electron chi connectivity index (χ3n) is 2.81. The van der Waals surface area contributed by atoms with Gasteiger partial charge in [-0.1, -0.05) is 11.8 Å². The van der Waals surface area contributed by atoms with E-state index < -0.39 is 0 Å². The predicted molar refractivity (Wildman–Crippen MR) is 61.4 cm³/mol. The third kappa shape index (κ3) is 2.34. The summed E-state index contributed by atoms with van der Waals surface area (Å²) in [5.41, 5.74) is 3.07. The van der Waals surface area contributed by atoms with Gasteiger partial charge in [-0.25, -0.2) is 0 Å². The van der Waals surface area contributed by atoms with Gasteiger partial charge in [0.05, 0.1) is 0 Å². The molecule has 0 bridgehead atoms. The fourth-order valence-corrected chi connectivity index (χ4v) is 1.90. The van der Waals surface area contributed by atoms with Crippen LogP contribution in [0.25, 0.3) is 0 Å². The van der Waals surface area contributed by atoms with Crippen LogP contribution in [0.1, 0.15) is 25.7 Å². The van der Waals surface area contributed by atoms with Crippen LogP contribution in [0, 0.1) is 11.8 Å². The van der Waals surface area contributed by atoms with E-state index in [9.17, 15) is 4.79 Å². The molecule has 0 aromatic carbocycles. The van der Waals surface area contributed by atoms with E-state index >= 15 is 0 Å². The maximum absolute atomic E-state index is 11.4. The average molecular weight is 217 g/mol. The number of hydrogen-bond donors (Lipinski definition) is 2. The molecule has 1 heterocycles. The first-order valence-corrected chi connectivity index (χ1v) is 5.62. The second-order valence-corrected chi connectivity index (χ2v) is 4.00. The fraction of sp³-hybridized carbons (Fsp3) is 0.462. The summed E-state index contributed by atoms with van der Waals surface area (Å²) in [7, 11) is 0. The minimum Gasteiger partial charge on any atom is -0.396 e. The molecule has 2 rings (SSSR count). The Kier molecular flexibility index (Phi) is 3.43. The Morgan fingerprint density at radius 3 is 3.12 bits per heavy atom. The smallest absolute Gasteiger partial charge is 0.251 e. The molecule has 0 aromatic rings. The lowest BCUT2D eigenvalue weighted by molar-refractivity contribution is -0.116. The van der Waals surface area contributed by atoms with E-state index in [1.165, 1.54) is 5.57 Å². The van der Waals surface area contributed by atoms with Gasteiger partial charge in [0.15, 0.2) is 0 Å². The van der Waals surface area contributed by atoms with Gasteiger partial charge in [-0.05, 0) is 30.9 Å². The van der Waals surface area contributed by atoms with Gasteiger partial charge in [-0.15, -0.1) is 0 Å². The Labute approximate surface area is 95.2 Å². The minimum atomic E-state index is 0.0318. The van der Waals surface area contributed by atoms with Crippen molar-refractivity contribution in [3.05, 3.63) is 22.8 Å². The summed E-state index contributed by atoms with van der Waals surface area (Å²) < 4.78 is 0. The predicted octanol–water partition coefficient (Wildman–Crippen LogP) is 0.909. The van der Waals surface area contributed by atoms with E-state index in [4.69, 9.17) is 5.11 Å². The molecule has 16 heavy (non-hydrogen) atoms. The Hall–Kier alpha value is -1.53. The summed E-state index contributed by atoms with van der Waals surface area (Å²) in [6, 6.07) is 0. The van der Waals surface area contributed by atoms with Crippen molar-refractivity contribution in [1.82, 2.24) is 5.32 Å². The van der Waals surface area contributed by atoms with E-state index in [-0.39, 0.29) is 12.5 Å². The number of rotatable bonds is 2. The van der Waals surface area contributed by atoms with Crippen LogP contribution in [0.3, 0.4) is 0 Å². The minimum absolute atomic E-state index is 0.0318. The van der Waals surface area contributed by atoms with Crippen molar-refractivity contribution in [2.24, 2.45) is 0 Å². The van der Waals surface area contributed by atoms with Crippen molar-refractivity contribution in [3.63, 3.8) is 0 Å². The van der Waals surface area contributed by atoms with E-state index in [2.05, 4.69) is 17.2 Å². The van der Waals surface area contributed by atoms with Gasteiger partial charge in [-0.2, -0.15) is 0 Å². The van der Waals surface area contributed by atoms with E-state index in [1.54, 1.807) is 0 Å². The fourth-order valence-electron chi connectivity index (χ4n) is 1.90. The Morgan fingerprint density at radius 2 is 2.31 bits per heavy atom. The normalized spacial score (nSPS) is 18.6. The van der Waals surface area contributed by atoms with Crippen LogP contribution in [0.15, 0.2) is 22.8 Å². The summed E-state index contributed by atoms with van der Waals surface area (Å²) in [4.78, 5) is 11.4. The number of carbonyl (C=O) groups is 1. The lowest BCUT2D eigenvalue weighted by Crippen LogP contribution is -2.16. The molecule has 0 radical (unpaired) electrons. The first-order chi connectivity index (χ1) is 7.81. The van der Waals surface area contributed by atoms with Crippen molar-refractivity contribution in [3.8, 4) is 11.8 Å². The largest absolute Gasteiger partial charge is 0.396 e. The number of carbonyl (C=O) groups excluding carboxylic acids is 1. The highest BCUT2D eigenvalue weighted by Crippen LogP contribution is 2.26. The summed E-state index contributed by atoms with van der Waals surface area (Å²) in [5.74, 6) is 6.13. The topological polar surface area (TPSA) is 49.3 Å². The van der Waals surface area contributed by atoms with Crippen LogP contribution in [0.5, 0.6) is 0 Å². The maximum atomic E-state index is 11.4. The Balaban J connectivity index is 2.04. The molecule has 1 aliphatic heterocycles. The van der Waals surface area contributed by atoms with Crippen molar-refractivity contribution in [2.45, 2.75) is 25.7 Å². The molecular formula is C13H15NO2. The lowest BCUT2D eigenvalue weighted by Gasteiger charge is -2.08. The van der Waals surface area contributed by atoms with Crippen LogP contribution in [-0.4, -0.2) is 24.2 Å². The highest BCUT2D eigenvalue weighted by atomic mass is 16.2. The summed E-state index contributed by atoms with van der Waals surface area (Å²) in [6.45, 7) is 0.890. The zero-order chi connectivity index (χ0) is 11.4. The lowest BCUT2D eigenvalue weighted by atomic mass is 9.94. The highest BCUT2D eigenvalue weighted by molar-refractivity contribution is 6.00. The van der Waals surface area contributed by atoms with Crippen LogP contribution in [-0.2, 0) is 4.79 Å². The molecule has 0 spiro atoms. The molecular weight excluding hydrogens is 202 g/mol. The molecule has 2 N–H and O–H groups in total. The number of aliphatic hydroxyl groups is 1. The average Bonchev–Trinajstić information content (AvgIpc) is 2.67. The van der Waals surface area contributed by atoms with Gasteiger partial charge in [0, 0.05) is 30.7 Å². The number of allylic oxidation sites excluding steroid dienone is 1. The highest BCUT2D eigenvalue weighted by Gasteiger charge is 2.23. The van der Waals surface area contributed by atoms with Crippen molar-refractivity contribution >= 4 is 5.91 Å². The van der Waals surface area contributed by atoms with Crippen LogP contribution in [0.2, 0.25) is 0 Å². The van der Waals surface area contributed by atoms with Gasteiger partial charge < -0.3 is 10.4 Å². The molecule has 1 aliphatic carbocycles. The van der Waals surface area contributed by atoms with Crippen molar-refractivity contribution in [2.75, 3.05) is 13.2 Å². The molecule has 0 saturated heterocycles. The Bertz CT molecular complexity index is 421. The molecule has 84 valence electrons. The van der Waals surface area contributed by atoms with Crippen molar-refractivity contribution < 1.29 is 9.90 Å². The first kappa shape index (κ1) is 11.0. The van der Waals surface area contributed by atoms with E-state index in [1.807, 2.05) is 6.08 Å². The van der Waals surface area contributed by atoms with Gasteiger partial charge in [-0.3, -0.25) is 4.79 Å². The molecule has 0 atom stereocenters. The maximum Gasteiger partial charge on any atom is 0.251 e. The standard InChI is InChI=1S/C13H15NO2/c15-7-3-1-2-4-10-5-6-11-9-14-13(16)12(11)8-10/h8,15H,1,3,5-7,9H2,(H,14,16). The molecule has 3 heteroatoms. The molecule has 2 aliphatic rings. The number of unbranched alkanes of at least 4 members (excludes halogenated alkanes) is 1. The number of nitrogens with one attached hydrogen (secondary N) is 1. The molecule has 3 nitrogen and oxygen atoms in total. The molecule has 0 unspecified atom stereocenters. The van der Waals surface area contributed by atoms with Gasteiger partial charge >= 0.3 is 0 Å². The molecule has 0 fully saturated rings. The van der Waals surface area contributed by atoms with E-state index in [0.717, 1.165) is 24.0 Å². The quantitative estimate of drug-likeness (QED) is 0.533. The Morgan fingerprint density at radius 1 is 1.44 bits per heavy atom. The van der Waals surface area contributed by atoms with Crippen molar-refractivity contribution in [1.29, 1.82) is 0 Å². The SMILES string of the molecule is O=C1NCC2=C1C=C(C#CCCCO)CC2. The van der Waals surface area contributed by atoms with E-state index in [0.29, 0.717) is 19.4 Å². The van der Waals surface area contributed by atoms with Crippen LogP contribution in [0.4, 0.5) is 0 Å². The van der Waals surface area contributed by atoms with Crippen LogP contribution < -0.4 is 5.32 Å². The zero-order valence-corrected chi connectivity index (χ0v) is 9.18. The van der Waals surface area contributed by atoms with Gasteiger partial charge in [0.25, 0.3) is 5.91 Å².